The van der Waals surface area contributed by atoms with Crippen LogP contribution in [0, 0.1) is 12.7 Å². The van der Waals surface area contributed by atoms with E-state index in [1.165, 1.54) is 23.9 Å². The molecule has 28 heavy (non-hydrogen) atoms. The molecule has 0 fully saturated rings. The fourth-order valence-corrected chi connectivity index (χ4v) is 4.20. The lowest BCUT2D eigenvalue weighted by molar-refractivity contribution is -0.116. The van der Waals surface area contributed by atoms with Gasteiger partial charge in [-0.3, -0.25) is 4.79 Å². The summed E-state index contributed by atoms with van der Waals surface area (Å²) in [5, 5.41) is 11.5. The molecule has 144 valence electrons. The summed E-state index contributed by atoms with van der Waals surface area (Å²) in [5.41, 5.74) is 6.02. The van der Waals surface area contributed by atoms with Crippen LogP contribution in [0.5, 0.6) is 0 Å². The molecule has 2 atom stereocenters. The molecule has 1 aromatic heterocycles. The van der Waals surface area contributed by atoms with Crippen LogP contribution in [0.4, 0.5) is 10.1 Å². The number of aromatic nitrogens is 3. The zero-order chi connectivity index (χ0) is 19.7. The maximum absolute atomic E-state index is 13.4. The average Bonchev–Trinajstić information content (AvgIpc) is 3.11. The lowest BCUT2D eigenvalue weighted by Crippen LogP contribution is -2.41. The lowest BCUT2D eigenvalue weighted by atomic mass is 10.0. The number of carbonyl (C=O) groups excluding carboxylic acids is 1. The van der Waals surface area contributed by atoms with Crippen molar-refractivity contribution in [2.75, 3.05) is 10.7 Å². The van der Waals surface area contributed by atoms with Gasteiger partial charge in [0.2, 0.25) is 11.1 Å². The summed E-state index contributed by atoms with van der Waals surface area (Å²) in [4.78, 5) is 13.1. The molecular weight excluding hydrogens is 377 g/mol. The van der Waals surface area contributed by atoms with Crippen molar-refractivity contribution in [2.24, 2.45) is 0 Å². The van der Waals surface area contributed by atoms with Gasteiger partial charge in [-0.25, -0.2) is 9.07 Å². The molecule has 0 radical (unpaired) electrons. The quantitative estimate of drug-likeness (QED) is 0.703. The zero-order valence-electron chi connectivity index (χ0n) is 15.5. The Morgan fingerprint density at radius 2 is 1.89 bits per heavy atom. The number of carbonyl (C=O) groups is 1. The zero-order valence-corrected chi connectivity index (χ0v) is 16.3. The lowest BCUT2D eigenvalue weighted by Gasteiger charge is -2.33. The molecule has 2 heterocycles. The largest absolute Gasteiger partial charge is 0.325 e. The van der Waals surface area contributed by atoms with Crippen LogP contribution in [-0.4, -0.2) is 26.0 Å². The van der Waals surface area contributed by atoms with Gasteiger partial charge < -0.3 is 10.7 Å². The second-order valence-electron chi connectivity index (χ2n) is 6.64. The number of nitrogens with one attached hydrogen (secondary N) is 2. The van der Waals surface area contributed by atoms with Gasteiger partial charge in [0, 0.05) is 12.1 Å². The van der Waals surface area contributed by atoms with Gasteiger partial charge in [-0.15, -0.1) is 10.2 Å². The molecule has 0 saturated carbocycles. The molecule has 3 aromatic rings. The minimum Gasteiger partial charge on any atom is -0.325 e. The molecule has 8 heteroatoms. The first-order chi connectivity index (χ1) is 13.5. The van der Waals surface area contributed by atoms with Crippen molar-refractivity contribution < 1.29 is 9.18 Å². The van der Waals surface area contributed by atoms with Crippen LogP contribution < -0.4 is 10.7 Å². The molecular formula is C20H20FN5OS. The number of thioether (sulfide) groups is 1. The Balaban J connectivity index is 1.66. The highest BCUT2D eigenvalue weighted by molar-refractivity contribution is 8.00. The van der Waals surface area contributed by atoms with E-state index in [0.717, 1.165) is 22.6 Å². The van der Waals surface area contributed by atoms with Crippen LogP contribution in [-0.2, 0) is 11.2 Å². The number of halogens is 1. The summed E-state index contributed by atoms with van der Waals surface area (Å²) in [6.45, 7) is 3.99. The summed E-state index contributed by atoms with van der Waals surface area (Å²) in [5.74, 6) is 0.321. The van der Waals surface area contributed by atoms with E-state index in [-0.39, 0.29) is 17.8 Å². The van der Waals surface area contributed by atoms with Crippen molar-refractivity contribution in [3.63, 3.8) is 0 Å². The fourth-order valence-electron chi connectivity index (χ4n) is 3.10. The standard InChI is InChI=1S/C20H20FN5OS/c1-3-16-23-24-20-26(16)25-17(13-6-8-14(21)9-7-13)18(28-20)19(27)22-15-10-4-12(2)5-11-15/h4-11,17-18,25H,3H2,1-2H3,(H,22,27)/t17-,18-/m0/s1. The SMILES string of the molecule is CCc1nnc2n1N[C@@H](c1ccc(F)cc1)[C@@H](C(=O)Nc1ccc(C)cc1)S2. The summed E-state index contributed by atoms with van der Waals surface area (Å²) >= 11 is 1.35. The Labute approximate surface area is 166 Å². The van der Waals surface area contributed by atoms with Gasteiger partial charge in [0.1, 0.15) is 11.1 Å². The van der Waals surface area contributed by atoms with Gasteiger partial charge in [-0.1, -0.05) is 48.5 Å². The molecule has 0 aliphatic carbocycles. The number of rotatable bonds is 4. The van der Waals surface area contributed by atoms with Gasteiger partial charge >= 0.3 is 0 Å². The first-order valence-corrected chi connectivity index (χ1v) is 9.93. The van der Waals surface area contributed by atoms with Gasteiger partial charge in [0.15, 0.2) is 5.82 Å². The third-order valence-electron chi connectivity index (χ3n) is 4.63. The van der Waals surface area contributed by atoms with Crippen LogP contribution in [0.3, 0.4) is 0 Å². The Morgan fingerprint density at radius 3 is 2.57 bits per heavy atom. The van der Waals surface area contributed by atoms with E-state index in [4.69, 9.17) is 0 Å². The second kappa shape index (κ2) is 7.63. The molecule has 6 nitrogen and oxygen atoms in total. The van der Waals surface area contributed by atoms with E-state index in [0.29, 0.717) is 11.6 Å². The van der Waals surface area contributed by atoms with E-state index in [2.05, 4.69) is 20.9 Å². The highest BCUT2D eigenvalue weighted by Gasteiger charge is 2.37. The maximum atomic E-state index is 13.4. The number of amides is 1. The second-order valence-corrected chi connectivity index (χ2v) is 7.75. The number of nitrogens with zero attached hydrogens (tertiary/aromatic N) is 3. The number of benzene rings is 2. The summed E-state index contributed by atoms with van der Waals surface area (Å²) in [6.07, 6.45) is 0.705. The van der Waals surface area contributed by atoms with Gasteiger partial charge in [-0.2, -0.15) is 0 Å². The normalized spacial score (nSPS) is 18.2. The third-order valence-corrected chi connectivity index (χ3v) is 5.84. The number of fused-ring (bicyclic) bond motifs is 1. The molecule has 1 aliphatic heterocycles. The number of anilines is 1. The fraction of sp³-hybridized carbons (Fsp3) is 0.250. The smallest absolute Gasteiger partial charge is 0.240 e. The van der Waals surface area contributed by atoms with Crippen LogP contribution in [0.2, 0.25) is 0 Å². The summed E-state index contributed by atoms with van der Waals surface area (Å²) in [6, 6.07) is 13.5. The maximum Gasteiger partial charge on any atom is 0.240 e. The molecule has 0 bridgehead atoms. The molecule has 2 aromatic carbocycles. The average molecular weight is 397 g/mol. The third kappa shape index (κ3) is 3.60. The number of hydrogen-bond acceptors (Lipinski definition) is 5. The number of aryl methyl sites for hydroxylation is 2. The van der Waals surface area contributed by atoms with Crippen LogP contribution >= 0.6 is 11.8 Å². The predicted octanol–water partition coefficient (Wildman–Crippen LogP) is 3.69. The highest BCUT2D eigenvalue weighted by atomic mass is 32.2. The van der Waals surface area contributed by atoms with E-state index in [9.17, 15) is 9.18 Å². The minimum atomic E-state index is -0.492. The molecule has 2 N–H and O–H groups in total. The Hall–Kier alpha value is -2.87. The highest BCUT2D eigenvalue weighted by Crippen LogP contribution is 2.37. The molecule has 4 rings (SSSR count). The molecule has 0 unspecified atom stereocenters. The monoisotopic (exact) mass is 397 g/mol. The van der Waals surface area contributed by atoms with E-state index in [1.807, 2.05) is 42.8 Å². The van der Waals surface area contributed by atoms with E-state index >= 15 is 0 Å². The van der Waals surface area contributed by atoms with Crippen molar-refractivity contribution in [2.45, 2.75) is 36.7 Å². The van der Waals surface area contributed by atoms with Crippen LogP contribution in [0.1, 0.15) is 29.9 Å². The first kappa shape index (κ1) is 18.5. The van der Waals surface area contributed by atoms with E-state index < -0.39 is 5.25 Å². The van der Waals surface area contributed by atoms with Crippen molar-refractivity contribution in [1.29, 1.82) is 0 Å². The Morgan fingerprint density at radius 1 is 1.18 bits per heavy atom. The number of hydrogen-bond donors (Lipinski definition) is 2. The predicted molar refractivity (Wildman–Crippen MR) is 107 cm³/mol. The Bertz CT molecular complexity index is 987. The molecule has 0 spiro atoms. The first-order valence-electron chi connectivity index (χ1n) is 9.05. The van der Waals surface area contributed by atoms with Crippen molar-refractivity contribution in [3.05, 3.63) is 71.3 Å². The van der Waals surface area contributed by atoms with Gasteiger partial charge in [0.05, 0.1) is 6.04 Å². The molecule has 1 aliphatic rings. The van der Waals surface area contributed by atoms with Crippen molar-refractivity contribution >= 4 is 23.4 Å². The van der Waals surface area contributed by atoms with E-state index in [1.54, 1.807) is 12.1 Å². The van der Waals surface area contributed by atoms with Gasteiger partial charge in [-0.05, 0) is 36.8 Å². The van der Waals surface area contributed by atoms with Crippen LogP contribution in [0.25, 0.3) is 0 Å². The molecule has 0 saturated heterocycles. The van der Waals surface area contributed by atoms with Crippen LogP contribution in [0.15, 0.2) is 53.7 Å². The summed E-state index contributed by atoms with van der Waals surface area (Å²) < 4.78 is 15.2. The summed E-state index contributed by atoms with van der Waals surface area (Å²) in [7, 11) is 0. The van der Waals surface area contributed by atoms with Gasteiger partial charge in [0.25, 0.3) is 0 Å². The minimum absolute atomic E-state index is 0.150. The van der Waals surface area contributed by atoms with Crippen molar-refractivity contribution in [3.8, 4) is 0 Å². The molecule has 1 amide bonds. The Kier molecular flexibility index (Phi) is 5.04. The van der Waals surface area contributed by atoms with Crippen molar-refractivity contribution in [1.82, 2.24) is 14.9 Å². The topological polar surface area (TPSA) is 71.8 Å².